The van der Waals surface area contributed by atoms with Crippen LogP contribution in [0.5, 0.6) is 0 Å². The van der Waals surface area contributed by atoms with E-state index < -0.39 is 12.2 Å². The van der Waals surface area contributed by atoms with E-state index in [0.29, 0.717) is 6.54 Å². The number of carboxylic acid groups (broad SMARTS) is 1. The third kappa shape index (κ3) is 4.19. The summed E-state index contributed by atoms with van der Waals surface area (Å²) in [4.78, 5) is 23.6. The minimum absolute atomic E-state index is 0.265. The molecule has 0 aliphatic rings. The fraction of sp³-hybridized carbons (Fsp3) is 0.714. The van der Waals surface area contributed by atoms with Crippen LogP contribution in [0.15, 0.2) is 0 Å². The van der Waals surface area contributed by atoms with Gasteiger partial charge in [0.15, 0.2) is 0 Å². The monoisotopic (exact) mass is 190 g/mol. The first kappa shape index (κ1) is 11.5. The zero-order valence-corrected chi connectivity index (χ0v) is 7.98. The van der Waals surface area contributed by atoms with Gasteiger partial charge >= 0.3 is 12.2 Å². The van der Waals surface area contributed by atoms with Crippen LogP contribution in [-0.4, -0.2) is 61.4 Å². The van der Waals surface area contributed by atoms with Crippen LogP contribution in [0.2, 0.25) is 0 Å². The molecule has 2 amide bonds. The maximum Gasteiger partial charge on any atom is 0.409 e. The summed E-state index contributed by atoms with van der Waals surface area (Å²) in [6.45, 7) is 0.580. The van der Waals surface area contributed by atoms with Crippen molar-refractivity contribution in [2.75, 3.05) is 34.3 Å². The molecule has 0 aliphatic heterocycles. The summed E-state index contributed by atoms with van der Waals surface area (Å²) < 4.78 is 4.43. The van der Waals surface area contributed by atoms with Crippen LogP contribution in [-0.2, 0) is 4.74 Å². The molecule has 76 valence electrons. The maximum absolute atomic E-state index is 10.8. The van der Waals surface area contributed by atoms with Crippen LogP contribution >= 0.6 is 0 Å². The van der Waals surface area contributed by atoms with Crippen LogP contribution in [0.25, 0.3) is 0 Å². The lowest BCUT2D eigenvalue weighted by Gasteiger charge is -2.18. The van der Waals surface area contributed by atoms with Gasteiger partial charge in [0.2, 0.25) is 0 Å². The van der Waals surface area contributed by atoms with E-state index in [4.69, 9.17) is 5.11 Å². The van der Waals surface area contributed by atoms with E-state index in [2.05, 4.69) is 4.74 Å². The van der Waals surface area contributed by atoms with Crippen molar-refractivity contribution in [3.63, 3.8) is 0 Å². The summed E-state index contributed by atoms with van der Waals surface area (Å²) in [5.41, 5.74) is 0. The third-order valence-electron chi connectivity index (χ3n) is 1.58. The number of methoxy groups -OCH3 is 1. The van der Waals surface area contributed by atoms with Gasteiger partial charge in [-0.3, -0.25) is 0 Å². The molecule has 6 heteroatoms. The maximum atomic E-state index is 10.8. The van der Waals surface area contributed by atoms with Gasteiger partial charge in [-0.05, 0) is 0 Å². The zero-order chi connectivity index (χ0) is 10.4. The number of rotatable bonds is 3. The minimum atomic E-state index is -1.02. The molecule has 0 aliphatic carbocycles. The minimum Gasteiger partial charge on any atom is -0.465 e. The molecule has 6 nitrogen and oxygen atoms in total. The summed E-state index contributed by atoms with van der Waals surface area (Å²) in [5, 5.41) is 8.48. The Labute approximate surface area is 76.7 Å². The highest BCUT2D eigenvalue weighted by molar-refractivity contribution is 5.67. The lowest BCUT2D eigenvalue weighted by molar-refractivity contribution is 0.124. The van der Waals surface area contributed by atoms with Crippen LogP contribution in [0, 0.1) is 0 Å². The molecule has 0 saturated carbocycles. The summed E-state index contributed by atoms with van der Waals surface area (Å²) >= 11 is 0. The van der Waals surface area contributed by atoms with E-state index in [0.717, 1.165) is 4.90 Å². The molecule has 13 heavy (non-hydrogen) atoms. The highest BCUT2D eigenvalue weighted by atomic mass is 16.5. The average molecular weight is 190 g/mol. The predicted molar refractivity (Wildman–Crippen MR) is 45.7 cm³/mol. The molecule has 1 N–H and O–H groups in total. The topological polar surface area (TPSA) is 70.1 Å². The molecule has 0 saturated heterocycles. The molecule has 0 radical (unpaired) electrons. The molecule has 0 aromatic heterocycles. The van der Waals surface area contributed by atoms with Gasteiger partial charge in [0.05, 0.1) is 7.11 Å². The largest absolute Gasteiger partial charge is 0.465 e. The Bertz CT molecular complexity index is 195. The van der Waals surface area contributed by atoms with Crippen molar-refractivity contribution in [3.05, 3.63) is 0 Å². The highest BCUT2D eigenvalue weighted by Crippen LogP contribution is 1.90. The fourth-order valence-corrected chi connectivity index (χ4v) is 0.643. The lowest BCUT2D eigenvalue weighted by atomic mass is 10.5. The van der Waals surface area contributed by atoms with E-state index in [9.17, 15) is 9.59 Å². The van der Waals surface area contributed by atoms with Crippen molar-refractivity contribution in [1.82, 2.24) is 9.80 Å². The van der Waals surface area contributed by atoms with Crippen LogP contribution in [0.1, 0.15) is 0 Å². The van der Waals surface area contributed by atoms with Crippen molar-refractivity contribution in [2.45, 2.75) is 0 Å². The first-order valence-corrected chi connectivity index (χ1v) is 3.72. The first-order chi connectivity index (χ1) is 5.99. The van der Waals surface area contributed by atoms with Gasteiger partial charge in [0.1, 0.15) is 0 Å². The van der Waals surface area contributed by atoms with Gasteiger partial charge in [0, 0.05) is 27.2 Å². The van der Waals surface area contributed by atoms with Gasteiger partial charge in [-0.15, -0.1) is 0 Å². The zero-order valence-electron chi connectivity index (χ0n) is 7.98. The van der Waals surface area contributed by atoms with Gasteiger partial charge in [-0.1, -0.05) is 0 Å². The molecule has 0 heterocycles. The van der Waals surface area contributed by atoms with Crippen molar-refractivity contribution in [1.29, 1.82) is 0 Å². The number of carbonyl (C=O) groups excluding carboxylic acids is 1. The lowest BCUT2D eigenvalue weighted by Crippen LogP contribution is -2.36. The van der Waals surface area contributed by atoms with Crippen molar-refractivity contribution < 1.29 is 19.4 Å². The summed E-state index contributed by atoms with van der Waals surface area (Å²) in [6.07, 6.45) is -1.49. The molecule has 0 rings (SSSR count). The average Bonchev–Trinajstić information content (AvgIpc) is 2.11. The van der Waals surface area contributed by atoms with E-state index >= 15 is 0 Å². The number of hydrogen-bond acceptors (Lipinski definition) is 3. The van der Waals surface area contributed by atoms with Gasteiger partial charge in [0.25, 0.3) is 0 Å². The van der Waals surface area contributed by atoms with Gasteiger partial charge in [-0.25, -0.2) is 9.59 Å². The Morgan fingerprint density at radius 1 is 1.23 bits per heavy atom. The highest BCUT2D eigenvalue weighted by Gasteiger charge is 2.10. The van der Waals surface area contributed by atoms with E-state index in [-0.39, 0.29) is 6.54 Å². The smallest absolute Gasteiger partial charge is 0.409 e. The fourth-order valence-electron chi connectivity index (χ4n) is 0.643. The SMILES string of the molecule is COC(=O)N(C)CCN(C)C(=O)O. The van der Waals surface area contributed by atoms with Crippen LogP contribution < -0.4 is 0 Å². The summed E-state index contributed by atoms with van der Waals surface area (Å²) in [7, 11) is 4.26. The molecule has 0 aromatic carbocycles. The second-order valence-electron chi connectivity index (χ2n) is 2.60. The van der Waals surface area contributed by atoms with Crippen molar-refractivity contribution >= 4 is 12.2 Å². The molecule has 0 unspecified atom stereocenters. The van der Waals surface area contributed by atoms with Gasteiger partial charge < -0.3 is 19.6 Å². The number of hydrogen-bond donors (Lipinski definition) is 1. The molecular formula is C7H14N2O4. The normalized spacial score (nSPS) is 9.15. The number of ether oxygens (including phenoxy) is 1. The van der Waals surface area contributed by atoms with E-state index in [1.54, 1.807) is 7.05 Å². The van der Waals surface area contributed by atoms with Gasteiger partial charge in [-0.2, -0.15) is 0 Å². The molecule has 0 bridgehead atoms. The van der Waals surface area contributed by atoms with Crippen molar-refractivity contribution in [2.24, 2.45) is 0 Å². The summed E-state index contributed by atoms with van der Waals surface area (Å²) in [6, 6.07) is 0. The quantitative estimate of drug-likeness (QED) is 0.694. The number of carbonyl (C=O) groups is 2. The van der Waals surface area contributed by atoms with E-state index in [1.807, 2.05) is 0 Å². The van der Waals surface area contributed by atoms with Crippen molar-refractivity contribution in [3.8, 4) is 0 Å². The third-order valence-corrected chi connectivity index (χ3v) is 1.58. The van der Waals surface area contributed by atoms with Crippen LogP contribution in [0.3, 0.4) is 0 Å². The molecule has 0 spiro atoms. The number of amides is 2. The number of nitrogens with zero attached hydrogens (tertiary/aromatic N) is 2. The Balaban J connectivity index is 3.76. The Morgan fingerprint density at radius 3 is 2.08 bits per heavy atom. The van der Waals surface area contributed by atoms with Crippen LogP contribution in [0.4, 0.5) is 9.59 Å². The molecular weight excluding hydrogens is 176 g/mol. The Hall–Kier alpha value is -1.46. The molecule has 0 aromatic rings. The Kier molecular flexibility index (Phi) is 4.64. The predicted octanol–water partition coefficient (Wildman–Crippen LogP) is 0.294. The Morgan fingerprint density at radius 2 is 1.69 bits per heavy atom. The molecule has 0 fully saturated rings. The standard InChI is InChI=1S/C7H14N2O4/c1-8(6(10)11)4-5-9(2)7(12)13-3/h4-5H2,1-3H3,(H,10,11). The summed E-state index contributed by atoms with van der Waals surface area (Å²) in [5.74, 6) is 0. The second kappa shape index (κ2) is 5.23. The second-order valence-corrected chi connectivity index (χ2v) is 2.60. The number of likely N-dealkylation sites (N-methyl/N-ethyl adjacent to an activating group) is 2. The van der Waals surface area contributed by atoms with E-state index in [1.165, 1.54) is 19.1 Å². The molecule has 0 atom stereocenters. The first-order valence-electron chi connectivity index (χ1n) is 3.72.